The van der Waals surface area contributed by atoms with Gasteiger partial charge in [0.1, 0.15) is 23.9 Å². The maximum absolute atomic E-state index is 12.4. The molecule has 3 amide bonds. The lowest BCUT2D eigenvalue weighted by Gasteiger charge is -2.25. The summed E-state index contributed by atoms with van der Waals surface area (Å²) in [5.41, 5.74) is 6.48. The number of aliphatic hydroxyl groups is 2. The van der Waals surface area contributed by atoms with Crippen LogP contribution in [0, 0.1) is 0 Å². The van der Waals surface area contributed by atoms with Gasteiger partial charge in [0.25, 0.3) is 0 Å². The molecule has 1 aromatic rings. The first-order valence-corrected chi connectivity index (χ1v) is 9.42. The van der Waals surface area contributed by atoms with Crippen molar-refractivity contribution in [3.63, 3.8) is 0 Å². The highest BCUT2D eigenvalue weighted by molar-refractivity contribution is 5.94. The number of aliphatic hydroxyl groups excluding tert-OH is 2. The normalized spacial score (nSPS) is 15.6. The maximum Gasteiger partial charge on any atom is 0.325 e. The minimum atomic E-state index is -1.52. The first kappa shape index (κ1) is 25.8. The van der Waals surface area contributed by atoms with E-state index in [1.165, 1.54) is 26.0 Å². The van der Waals surface area contributed by atoms with Crippen molar-refractivity contribution >= 4 is 23.7 Å². The van der Waals surface area contributed by atoms with Crippen LogP contribution in [0.3, 0.4) is 0 Å². The Morgan fingerprint density at radius 2 is 1.55 bits per heavy atom. The van der Waals surface area contributed by atoms with Crippen molar-refractivity contribution < 1.29 is 39.6 Å². The zero-order valence-corrected chi connectivity index (χ0v) is 17.1. The summed E-state index contributed by atoms with van der Waals surface area (Å²) >= 11 is 0. The van der Waals surface area contributed by atoms with E-state index in [-0.39, 0.29) is 12.2 Å². The number of aliphatic carboxylic acids is 1. The number of amides is 3. The summed E-state index contributed by atoms with van der Waals surface area (Å²) in [7, 11) is 0. The third kappa shape index (κ3) is 8.20. The molecular formula is C19H28N4O8. The van der Waals surface area contributed by atoms with E-state index in [0.717, 1.165) is 0 Å². The third-order valence-corrected chi connectivity index (χ3v) is 4.34. The number of carboxylic acid groups (broad SMARTS) is 1. The first-order chi connectivity index (χ1) is 14.5. The molecule has 9 N–H and O–H groups in total. The van der Waals surface area contributed by atoms with Gasteiger partial charge in [-0.3, -0.25) is 19.2 Å². The van der Waals surface area contributed by atoms with Gasteiger partial charge in [0.05, 0.1) is 18.8 Å². The van der Waals surface area contributed by atoms with E-state index in [1.54, 1.807) is 12.1 Å². The Morgan fingerprint density at radius 3 is 2.03 bits per heavy atom. The van der Waals surface area contributed by atoms with E-state index < -0.39 is 60.6 Å². The standard InChI is InChI=1S/C19H28N4O8/c1-9(19(30)31)21-18(29)15(10(2)25)23-17(28)14(8-24)22-16(27)13(20)7-11-3-5-12(26)6-4-11/h3-6,9-10,13-15,24-26H,7-8,20H2,1-2H3,(H,21,29)(H,22,27)(H,23,28)(H,30,31). The lowest BCUT2D eigenvalue weighted by Crippen LogP contribution is -2.60. The average Bonchev–Trinajstić information content (AvgIpc) is 2.70. The van der Waals surface area contributed by atoms with Gasteiger partial charge in [-0.1, -0.05) is 12.1 Å². The lowest BCUT2D eigenvalue weighted by molar-refractivity contribution is -0.142. The Balaban J connectivity index is 2.74. The van der Waals surface area contributed by atoms with Crippen molar-refractivity contribution in [2.45, 2.75) is 50.5 Å². The monoisotopic (exact) mass is 440 g/mol. The van der Waals surface area contributed by atoms with Crippen molar-refractivity contribution in [3.8, 4) is 5.75 Å². The molecule has 31 heavy (non-hydrogen) atoms. The molecule has 0 fully saturated rings. The number of nitrogens with one attached hydrogen (secondary N) is 3. The number of hydrogen-bond donors (Lipinski definition) is 8. The molecule has 0 aromatic heterocycles. The van der Waals surface area contributed by atoms with Gasteiger partial charge in [0.2, 0.25) is 17.7 Å². The molecule has 0 bridgehead atoms. The summed E-state index contributed by atoms with van der Waals surface area (Å²) in [5, 5.41) is 43.9. The molecule has 0 aliphatic heterocycles. The van der Waals surface area contributed by atoms with Crippen LogP contribution in [0.1, 0.15) is 19.4 Å². The van der Waals surface area contributed by atoms with E-state index in [0.29, 0.717) is 5.56 Å². The topological polar surface area (TPSA) is 211 Å². The number of aromatic hydroxyl groups is 1. The molecular weight excluding hydrogens is 412 g/mol. The number of carboxylic acids is 1. The molecule has 12 nitrogen and oxygen atoms in total. The third-order valence-electron chi connectivity index (χ3n) is 4.34. The second kappa shape index (κ2) is 11.8. The van der Waals surface area contributed by atoms with Crippen molar-refractivity contribution in [3.05, 3.63) is 29.8 Å². The van der Waals surface area contributed by atoms with E-state index in [1.807, 2.05) is 0 Å². The highest BCUT2D eigenvalue weighted by atomic mass is 16.4. The zero-order valence-electron chi connectivity index (χ0n) is 17.1. The predicted molar refractivity (Wildman–Crippen MR) is 108 cm³/mol. The molecule has 5 unspecified atom stereocenters. The van der Waals surface area contributed by atoms with Gasteiger partial charge in [0, 0.05) is 0 Å². The van der Waals surface area contributed by atoms with Crippen LogP contribution in [-0.4, -0.2) is 81.0 Å². The van der Waals surface area contributed by atoms with Crippen LogP contribution >= 0.6 is 0 Å². The molecule has 0 spiro atoms. The van der Waals surface area contributed by atoms with Gasteiger partial charge in [-0.15, -0.1) is 0 Å². The Hall–Kier alpha value is -3.22. The number of phenols is 1. The number of carbonyl (C=O) groups is 4. The Labute approximate surface area is 178 Å². The van der Waals surface area contributed by atoms with E-state index in [4.69, 9.17) is 10.8 Å². The zero-order chi connectivity index (χ0) is 23.7. The average molecular weight is 440 g/mol. The number of hydrogen-bond acceptors (Lipinski definition) is 8. The molecule has 0 aliphatic rings. The van der Waals surface area contributed by atoms with Crippen LogP contribution in [0.2, 0.25) is 0 Å². The van der Waals surface area contributed by atoms with Crippen LogP contribution in [0.5, 0.6) is 5.75 Å². The van der Waals surface area contributed by atoms with Gasteiger partial charge in [-0.05, 0) is 38.0 Å². The predicted octanol–water partition coefficient (Wildman–Crippen LogP) is -2.81. The van der Waals surface area contributed by atoms with Crippen LogP contribution in [0.25, 0.3) is 0 Å². The van der Waals surface area contributed by atoms with E-state index in [2.05, 4.69) is 16.0 Å². The quantitative estimate of drug-likeness (QED) is 0.178. The maximum atomic E-state index is 12.4. The number of phenolic OH excluding ortho intramolecular Hbond substituents is 1. The molecule has 172 valence electrons. The summed E-state index contributed by atoms with van der Waals surface area (Å²) in [4.78, 5) is 47.7. The Bertz CT molecular complexity index is 784. The van der Waals surface area contributed by atoms with E-state index >= 15 is 0 Å². The van der Waals surface area contributed by atoms with Crippen LogP contribution in [0.4, 0.5) is 0 Å². The lowest BCUT2D eigenvalue weighted by atomic mass is 10.1. The fourth-order valence-electron chi connectivity index (χ4n) is 2.48. The molecule has 12 heteroatoms. The smallest absolute Gasteiger partial charge is 0.325 e. The first-order valence-electron chi connectivity index (χ1n) is 9.42. The van der Waals surface area contributed by atoms with Gasteiger partial charge in [0.15, 0.2) is 0 Å². The highest BCUT2D eigenvalue weighted by Gasteiger charge is 2.31. The Kier molecular flexibility index (Phi) is 9.86. The molecule has 0 radical (unpaired) electrons. The van der Waals surface area contributed by atoms with Gasteiger partial charge >= 0.3 is 5.97 Å². The summed E-state index contributed by atoms with van der Waals surface area (Å²) < 4.78 is 0. The minimum absolute atomic E-state index is 0.0493. The molecule has 1 rings (SSSR count). The van der Waals surface area contributed by atoms with Crippen LogP contribution in [-0.2, 0) is 25.6 Å². The molecule has 0 heterocycles. The summed E-state index contributed by atoms with van der Waals surface area (Å²) in [5.74, 6) is -3.94. The highest BCUT2D eigenvalue weighted by Crippen LogP contribution is 2.11. The number of benzene rings is 1. The second-order valence-electron chi connectivity index (χ2n) is 7.02. The van der Waals surface area contributed by atoms with Gasteiger partial charge in [-0.25, -0.2) is 0 Å². The fourth-order valence-corrected chi connectivity index (χ4v) is 2.48. The summed E-state index contributed by atoms with van der Waals surface area (Å²) in [6.07, 6.45) is -1.30. The molecule has 1 aromatic carbocycles. The number of carbonyl (C=O) groups excluding carboxylic acids is 3. The molecule has 0 aliphatic carbocycles. The second-order valence-corrected chi connectivity index (χ2v) is 7.02. The largest absolute Gasteiger partial charge is 0.508 e. The molecule has 0 saturated carbocycles. The molecule has 0 saturated heterocycles. The van der Waals surface area contributed by atoms with Crippen molar-refractivity contribution in [2.75, 3.05) is 6.61 Å². The van der Waals surface area contributed by atoms with Crippen molar-refractivity contribution in [1.82, 2.24) is 16.0 Å². The fraction of sp³-hybridized carbons (Fsp3) is 0.474. The Morgan fingerprint density at radius 1 is 0.968 bits per heavy atom. The van der Waals surface area contributed by atoms with Crippen molar-refractivity contribution in [2.24, 2.45) is 5.73 Å². The van der Waals surface area contributed by atoms with Gasteiger partial charge in [-0.2, -0.15) is 0 Å². The van der Waals surface area contributed by atoms with Gasteiger partial charge < -0.3 is 42.1 Å². The van der Waals surface area contributed by atoms with Crippen molar-refractivity contribution in [1.29, 1.82) is 0 Å². The number of rotatable bonds is 11. The van der Waals surface area contributed by atoms with E-state index in [9.17, 15) is 34.5 Å². The van der Waals surface area contributed by atoms with Crippen LogP contribution < -0.4 is 21.7 Å². The summed E-state index contributed by atoms with van der Waals surface area (Å²) in [6, 6.07) is 0.670. The summed E-state index contributed by atoms with van der Waals surface area (Å²) in [6.45, 7) is 1.59. The van der Waals surface area contributed by atoms with Crippen LogP contribution in [0.15, 0.2) is 24.3 Å². The molecule has 5 atom stereocenters. The SMILES string of the molecule is CC(NC(=O)C(NC(=O)C(CO)NC(=O)C(N)Cc1ccc(O)cc1)C(C)O)C(=O)O. The minimum Gasteiger partial charge on any atom is -0.508 e. The number of nitrogens with two attached hydrogens (primary N) is 1.